The van der Waals surface area contributed by atoms with Crippen LogP contribution in [0.5, 0.6) is 0 Å². The molecule has 18 heavy (non-hydrogen) atoms. The molecular weight excluding hydrogens is 300 g/mol. The lowest BCUT2D eigenvalue weighted by atomic mass is 10.2. The third-order valence-corrected chi connectivity index (χ3v) is 3.01. The van der Waals surface area contributed by atoms with Crippen LogP contribution >= 0.6 is 15.9 Å². The number of hydrogen-bond acceptors (Lipinski definition) is 4. The number of nitro groups is 1. The first-order chi connectivity index (χ1) is 8.58. The Morgan fingerprint density at radius 3 is 2.83 bits per heavy atom. The fraction of sp³-hybridized carbons (Fsp3) is 0.167. The lowest BCUT2D eigenvalue weighted by molar-refractivity contribution is -0.384. The van der Waals surface area contributed by atoms with Gasteiger partial charge in [-0.3, -0.25) is 10.1 Å². The molecule has 0 saturated carbocycles. The van der Waals surface area contributed by atoms with Crippen molar-refractivity contribution >= 4 is 27.3 Å². The van der Waals surface area contributed by atoms with E-state index in [1.54, 1.807) is 36.4 Å². The van der Waals surface area contributed by atoms with Gasteiger partial charge < -0.3 is 9.32 Å². The molecule has 0 radical (unpaired) electrons. The highest BCUT2D eigenvalue weighted by Crippen LogP contribution is 2.31. The Labute approximate surface area is 112 Å². The maximum atomic E-state index is 11.0. The van der Waals surface area contributed by atoms with E-state index in [0.29, 0.717) is 16.7 Å². The first-order valence-corrected chi connectivity index (χ1v) is 6.04. The maximum absolute atomic E-state index is 11.0. The number of nitro benzene ring substituents is 1. The number of furan rings is 1. The summed E-state index contributed by atoms with van der Waals surface area (Å²) in [5.41, 5.74) is 0.623. The Morgan fingerprint density at radius 2 is 2.22 bits per heavy atom. The van der Waals surface area contributed by atoms with Crippen molar-refractivity contribution in [2.24, 2.45) is 0 Å². The first-order valence-electron chi connectivity index (χ1n) is 5.25. The molecule has 0 atom stereocenters. The Kier molecular flexibility index (Phi) is 3.66. The number of hydrogen-bond donors (Lipinski definition) is 0. The van der Waals surface area contributed by atoms with E-state index in [1.165, 1.54) is 6.07 Å². The second-order valence-electron chi connectivity index (χ2n) is 3.83. The van der Waals surface area contributed by atoms with Crippen LogP contribution in [0.4, 0.5) is 11.4 Å². The Morgan fingerprint density at radius 1 is 1.44 bits per heavy atom. The Hall–Kier alpha value is -1.82. The molecule has 0 aliphatic carbocycles. The molecule has 5 nitrogen and oxygen atoms in total. The molecule has 0 amide bonds. The zero-order chi connectivity index (χ0) is 13.1. The van der Waals surface area contributed by atoms with Crippen molar-refractivity contribution in [2.45, 2.75) is 6.54 Å². The summed E-state index contributed by atoms with van der Waals surface area (Å²) in [5, 5.41) is 11.0. The molecule has 0 bridgehead atoms. The molecule has 0 saturated heterocycles. The van der Waals surface area contributed by atoms with Crippen molar-refractivity contribution in [3.63, 3.8) is 0 Å². The lowest BCUT2D eigenvalue weighted by Crippen LogP contribution is -2.17. The molecule has 0 aliphatic rings. The third-order valence-electron chi connectivity index (χ3n) is 2.52. The smallest absolute Gasteiger partial charge is 0.293 e. The zero-order valence-electron chi connectivity index (χ0n) is 9.67. The number of halogens is 1. The highest BCUT2D eigenvalue weighted by molar-refractivity contribution is 9.10. The molecule has 1 aromatic carbocycles. The van der Waals surface area contributed by atoms with Crippen molar-refractivity contribution in [2.75, 3.05) is 11.9 Å². The van der Waals surface area contributed by atoms with Crippen LogP contribution in [-0.4, -0.2) is 12.0 Å². The van der Waals surface area contributed by atoms with Crippen LogP contribution in [0.3, 0.4) is 0 Å². The quantitative estimate of drug-likeness (QED) is 0.639. The van der Waals surface area contributed by atoms with Gasteiger partial charge in [0.05, 0.1) is 17.7 Å². The van der Waals surface area contributed by atoms with Gasteiger partial charge in [0, 0.05) is 17.6 Å². The average molecular weight is 311 g/mol. The Bertz CT molecular complexity index is 554. The topological polar surface area (TPSA) is 59.5 Å². The van der Waals surface area contributed by atoms with E-state index >= 15 is 0 Å². The predicted molar refractivity (Wildman–Crippen MR) is 71.6 cm³/mol. The molecule has 0 spiro atoms. The molecular formula is C12H11BrN2O3. The largest absolute Gasteiger partial charge is 0.467 e. The molecule has 6 heteroatoms. The SMILES string of the molecule is CN(Cc1ccco1)c1ccc(Br)cc1[N+](=O)[O-]. The predicted octanol–water partition coefficient (Wildman–Crippen LogP) is 3.59. The van der Waals surface area contributed by atoms with Crippen molar-refractivity contribution in [1.29, 1.82) is 0 Å². The molecule has 2 aromatic rings. The van der Waals surface area contributed by atoms with E-state index < -0.39 is 4.92 Å². The van der Waals surface area contributed by atoms with Crippen molar-refractivity contribution < 1.29 is 9.34 Å². The summed E-state index contributed by atoms with van der Waals surface area (Å²) in [6.07, 6.45) is 1.58. The number of rotatable bonds is 4. The minimum Gasteiger partial charge on any atom is -0.467 e. The van der Waals surface area contributed by atoms with Crippen LogP contribution in [0.1, 0.15) is 5.76 Å². The fourth-order valence-electron chi connectivity index (χ4n) is 1.69. The first kappa shape index (κ1) is 12.6. The second-order valence-corrected chi connectivity index (χ2v) is 4.74. The van der Waals surface area contributed by atoms with Gasteiger partial charge in [-0.25, -0.2) is 0 Å². The van der Waals surface area contributed by atoms with E-state index in [4.69, 9.17) is 4.42 Å². The van der Waals surface area contributed by atoms with Crippen LogP contribution in [0.2, 0.25) is 0 Å². The average Bonchev–Trinajstić information content (AvgIpc) is 2.81. The van der Waals surface area contributed by atoms with E-state index in [9.17, 15) is 10.1 Å². The normalized spacial score (nSPS) is 10.3. The van der Waals surface area contributed by atoms with E-state index in [-0.39, 0.29) is 5.69 Å². The number of benzene rings is 1. The summed E-state index contributed by atoms with van der Waals surface area (Å²) >= 11 is 3.23. The van der Waals surface area contributed by atoms with Gasteiger partial charge in [0.25, 0.3) is 5.69 Å². The standard InChI is InChI=1S/C12H11BrN2O3/c1-14(8-10-3-2-6-18-10)11-5-4-9(13)7-12(11)15(16)17/h2-7H,8H2,1H3. The molecule has 1 heterocycles. The molecule has 2 rings (SSSR count). The van der Waals surface area contributed by atoms with Crippen LogP contribution in [-0.2, 0) is 6.54 Å². The summed E-state index contributed by atoms with van der Waals surface area (Å²) in [4.78, 5) is 12.4. The van der Waals surface area contributed by atoms with Gasteiger partial charge in [0.15, 0.2) is 0 Å². The van der Waals surface area contributed by atoms with Crippen molar-refractivity contribution in [1.82, 2.24) is 0 Å². The van der Waals surface area contributed by atoms with E-state index in [0.717, 1.165) is 5.76 Å². The molecule has 94 valence electrons. The van der Waals surface area contributed by atoms with Gasteiger partial charge in [-0.1, -0.05) is 15.9 Å². The van der Waals surface area contributed by atoms with Crippen LogP contribution in [0, 0.1) is 10.1 Å². The monoisotopic (exact) mass is 310 g/mol. The number of nitrogens with zero attached hydrogens (tertiary/aromatic N) is 2. The summed E-state index contributed by atoms with van der Waals surface area (Å²) in [6, 6.07) is 8.61. The van der Waals surface area contributed by atoms with Gasteiger partial charge in [0.2, 0.25) is 0 Å². The second kappa shape index (κ2) is 5.22. The van der Waals surface area contributed by atoms with Gasteiger partial charge in [-0.15, -0.1) is 0 Å². The molecule has 0 fully saturated rings. The van der Waals surface area contributed by atoms with Gasteiger partial charge >= 0.3 is 0 Å². The number of anilines is 1. The third kappa shape index (κ3) is 2.70. The Balaban J connectivity index is 2.29. The van der Waals surface area contributed by atoms with Crippen molar-refractivity contribution in [3.8, 4) is 0 Å². The van der Waals surface area contributed by atoms with E-state index in [2.05, 4.69) is 15.9 Å². The van der Waals surface area contributed by atoms with Crippen LogP contribution in [0.15, 0.2) is 45.5 Å². The summed E-state index contributed by atoms with van der Waals surface area (Å²) in [6.45, 7) is 0.482. The van der Waals surface area contributed by atoms with Crippen LogP contribution in [0.25, 0.3) is 0 Å². The van der Waals surface area contributed by atoms with Gasteiger partial charge in [0.1, 0.15) is 11.4 Å². The van der Waals surface area contributed by atoms with Crippen molar-refractivity contribution in [3.05, 3.63) is 56.9 Å². The minimum absolute atomic E-state index is 0.0680. The van der Waals surface area contributed by atoms with Crippen LogP contribution < -0.4 is 4.90 Å². The summed E-state index contributed by atoms with van der Waals surface area (Å²) in [5.74, 6) is 0.759. The molecule has 1 aromatic heterocycles. The highest BCUT2D eigenvalue weighted by Gasteiger charge is 2.18. The maximum Gasteiger partial charge on any atom is 0.293 e. The van der Waals surface area contributed by atoms with E-state index in [1.807, 2.05) is 6.07 Å². The summed E-state index contributed by atoms with van der Waals surface area (Å²) < 4.78 is 5.91. The molecule has 0 N–H and O–H groups in total. The highest BCUT2D eigenvalue weighted by atomic mass is 79.9. The zero-order valence-corrected chi connectivity index (χ0v) is 11.3. The molecule has 0 unspecified atom stereocenters. The van der Waals surface area contributed by atoms with Gasteiger partial charge in [-0.2, -0.15) is 0 Å². The minimum atomic E-state index is -0.390. The fourth-order valence-corrected chi connectivity index (χ4v) is 2.04. The molecule has 0 aliphatic heterocycles. The summed E-state index contributed by atoms with van der Waals surface area (Å²) in [7, 11) is 1.79. The lowest BCUT2D eigenvalue weighted by Gasteiger charge is -2.17. The van der Waals surface area contributed by atoms with Gasteiger partial charge in [-0.05, 0) is 24.3 Å².